The Bertz CT molecular complexity index is 581. The summed E-state index contributed by atoms with van der Waals surface area (Å²) in [5.74, 6) is 1.25. The molecule has 106 valence electrons. The molecule has 1 amide bonds. The minimum atomic E-state index is -0.109. The van der Waals surface area contributed by atoms with Crippen molar-refractivity contribution in [1.29, 1.82) is 0 Å². The summed E-state index contributed by atoms with van der Waals surface area (Å²) >= 11 is 1.50. The third-order valence-electron chi connectivity index (χ3n) is 3.04. The maximum absolute atomic E-state index is 12.0. The van der Waals surface area contributed by atoms with Crippen molar-refractivity contribution in [2.24, 2.45) is 0 Å². The molecule has 1 aromatic carbocycles. The number of carbonyl (C=O) groups is 1. The number of thiophene rings is 1. The third-order valence-corrected chi connectivity index (χ3v) is 3.72. The lowest BCUT2D eigenvalue weighted by Gasteiger charge is -2.16. The van der Waals surface area contributed by atoms with E-state index >= 15 is 0 Å². The average molecular weight is 291 g/mol. The van der Waals surface area contributed by atoms with Crippen LogP contribution in [0.1, 0.15) is 28.9 Å². The van der Waals surface area contributed by atoms with Crippen LogP contribution in [0.5, 0.6) is 11.5 Å². The molecule has 0 fully saturated rings. The lowest BCUT2D eigenvalue weighted by Crippen LogP contribution is -2.26. The van der Waals surface area contributed by atoms with Gasteiger partial charge in [-0.25, -0.2) is 0 Å². The molecule has 2 rings (SSSR count). The lowest BCUT2D eigenvalue weighted by molar-refractivity contribution is 0.0940. The second-order valence-corrected chi connectivity index (χ2v) is 5.10. The Morgan fingerprint density at radius 1 is 1.20 bits per heavy atom. The molecule has 1 heterocycles. The number of amides is 1. The third kappa shape index (κ3) is 3.11. The zero-order chi connectivity index (χ0) is 14.5. The summed E-state index contributed by atoms with van der Waals surface area (Å²) in [5, 5.41) is 6.67. The van der Waals surface area contributed by atoms with E-state index in [1.54, 1.807) is 20.3 Å². The Morgan fingerprint density at radius 3 is 2.55 bits per heavy atom. The smallest absolute Gasteiger partial charge is 0.252 e. The van der Waals surface area contributed by atoms with E-state index in [9.17, 15) is 4.79 Å². The molecule has 4 nitrogen and oxygen atoms in total. The first-order valence-electron chi connectivity index (χ1n) is 6.20. The van der Waals surface area contributed by atoms with Crippen molar-refractivity contribution in [2.75, 3.05) is 14.2 Å². The molecule has 1 N–H and O–H groups in total. The molecular formula is C15H17NO3S. The summed E-state index contributed by atoms with van der Waals surface area (Å²) in [6.45, 7) is 1.94. The minimum Gasteiger partial charge on any atom is -0.493 e. The summed E-state index contributed by atoms with van der Waals surface area (Å²) in [6, 6.07) is 7.32. The number of hydrogen-bond acceptors (Lipinski definition) is 4. The van der Waals surface area contributed by atoms with Crippen LogP contribution < -0.4 is 14.8 Å². The van der Waals surface area contributed by atoms with Crippen LogP contribution >= 0.6 is 11.3 Å². The molecule has 0 aliphatic rings. The summed E-state index contributed by atoms with van der Waals surface area (Å²) in [7, 11) is 3.19. The number of ether oxygens (including phenoxy) is 2. The van der Waals surface area contributed by atoms with Crippen LogP contribution in [0.3, 0.4) is 0 Å². The Hall–Kier alpha value is -2.01. The zero-order valence-corrected chi connectivity index (χ0v) is 12.5. The van der Waals surface area contributed by atoms with Gasteiger partial charge < -0.3 is 14.8 Å². The molecule has 0 bridgehead atoms. The summed E-state index contributed by atoms with van der Waals surface area (Å²) in [4.78, 5) is 12.0. The van der Waals surface area contributed by atoms with E-state index in [0.29, 0.717) is 17.1 Å². The van der Waals surface area contributed by atoms with Gasteiger partial charge in [0.25, 0.3) is 5.91 Å². The number of nitrogens with one attached hydrogen (secondary N) is 1. The van der Waals surface area contributed by atoms with E-state index < -0.39 is 0 Å². The first-order chi connectivity index (χ1) is 9.65. The van der Waals surface area contributed by atoms with Gasteiger partial charge in [0.05, 0.1) is 25.8 Å². The van der Waals surface area contributed by atoms with Crippen LogP contribution in [0.25, 0.3) is 0 Å². The fourth-order valence-corrected chi connectivity index (χ4v) is 2.52. The van der Waals surface area contributed by atoms with Crippen LogP contribution in [0, 0.1) is 0 Å². The zero-order valence-electron chi connectivity index (χ0n) is 11.7. The molecule has 0 radical (unpaired) electrons. The lowest BCUT2D eigenvalue weighted by atomic mass is 10.1. The fraction of sp³-hybridized carbons (Fsp3) is 0.267. The summed E-state index contributed by atoms with van der Waals surface area (Å²) in [6.07, 6.45) is 0. The van der Waals surface area contributed by atoms with E-state index in [0.717, 1.165) is 5.56 Å². The standard InChI is InChI=1S/C15H17NO3S/c1-10(16-15(17)12-6-7-20-9-12)11-4-5-13(18-2)14(8-11)19-3/h4-10H,1-3H3,(H,16,17)/t10-/m1/s1. The van der Waals surface area contributed by atoms with E-state index in [2.05, 4.69) is 5.32 Å². The highest BCUT2D eigenvalue weighted by Gasteiger charge is 2.14. The maximum atomic E-state index is 12.0. The van der Waals surface area contributed by atoms with E-state index in [4.69, 9.17) is 9.47 Å². The van der Waals surface area contributed by atoms with Crippen LogP contribution in [0.15, 0.2) is 35.0 Å². The van der Waals surface area contributed by atoms with E-state index in [1.807, 2.05) is 35.9 Å². The van der Waals surface area contributed by atoms with Crippen molar-refractivity contribution in [3.05, 3.63) is 46.2 Å². The highest BCUT2D eigenvalue weighted by atomic mass is 32.1. The van der Waals surface area contributed by atoms with Gasteiger partial charge in [0.1, 0.15) is 0 Å². The van der Waals surface area contributed by atoms with Crippen molar-refractivity contribution in [3.8, 4) is 11.5 Å². The predicted molar refractivity (Wildman–Crippen MR) is 79.7 cm³/mol. The molecule has 0 saturated heterocycles. The highest BCUT2D eigenvalue weighted by Crippen LogP contribution is 2.29. The molecule has 5 heteroatoms. The van der Waals surface area contributed by atoms with Crippen LogP contribution in [0.2, 0.25) is 0 Å². The van der Waals surface area contributed by atoms with Gasteiger partial charge in [0.2, 0.25) is 0 Å². The van der Waals surface area contributed by atoms with Crippen LogP contribution in [0.4, 0.5) is 0 Å². The molecular weight excluding hydrogens is 274 g/mol. The van der Waals surface area contributed by atoms with Crippen LogP contribution in [-0.2, 0) is 0 Å². The second-order valence-electron chi connectivity index (χ2n) is 4.32. The topological polar surface area (TPSA) is 47.6 Å². The van der Waals surface area contributed by atoms with Gasteiger partial charge in [-0.2, -0.15) is 11.3 Å². The van der Waals surface area contributed by atoms with Crippen LogP contribution in [-0.4, -0.2) is 20.1 Å². The first-order valence-corrected chi connectivity index (χ1v) is 7.15. The van der Waals surface area contributed by atoms with Gasteiger partial charge >= 0.3 is 0 Å². The van der Waals surface area contributed by atoms with E-state index in [1.165, 1.54) is 11.3 Å². The van der Waals surface area contributed by atoms with Gasteiger partial charge in [-0.05, 0) is 36.1 Å². The Labute approximate surface area is 122 Å². The molecule has 0 saturated carbocycles. The number of hydrogen-bond donors (Lipinski definition) is 1. The van der Waals surface area contributed by atoms with Crippen molar-refractivity contribution in [3.63, 3.8) is 0 Å². The molecule has 1 aromatic heterocycles. The Morgan fingerprint density at radius 2 is 1.95 bits per heavy atom. The van der Waals surface area contributed by atoms with Crippen molar-refractivity contribution >= 4 is 17.2 Å². The largest absolute Gasteiger partial charge is 0.493 e. The van der Waals surface area contributed by atoms with Crippen molar-refractivity contribution < 1.29 is 14.3 Å². The van der Waals surface area contributed by atoms with Crippen molar-refractivity contribution in [2.45, 2.75) is 13.0 Å². The normalized spacial score (nSPS) is 11.8. The predicted octanol–water partition coefficient (Wildman–Crippen LogP) is 3.26. The maximum Gasteiger partial charge on any atom is 0.252 e. The quantitative estimate of drug-likeness (QED) is 0.920. The number of benzene rings is 1. The SMILES string of the molecule is COc1ccc([C@@H](C)NC(=O)c2ccsc2)cc1OC. The molecule has 2 aromatic rings. The van der Waals surface area contributed by atoms with Gasteiger partial charge in [-0.15, -0.1) is 0 Å². The van der Waals surface area contributed by atoms with E-state index in [-0.39, 0.29) is 11.9 Å². The van der Waals surface area contributed by atoms with Gasteiger partial charge in [-0.3, -0.25) is 4.79 Å². The number of methoxy groups -OCH3 is 2. The molecule has 0 aliphatic heterocycles. The second kappa shape index (κ2) is 6.43. The summed E-state index contributed by atoms with van der Waals surface area (Å²) < 4.78 is 10.5. The number of rotatable bonds is 5. The first kappa shape index (κ1) is 14.4. The fourth-order valence-electron chi connectivity index (χ4n) is 1.88. The molecule has 20 heavy (non-hydrogen) atoms. The minimum absolute atomic E-state index is 0.0754. The van der Waals surface area contributed by atoms with Crippen molar-refractivity contribution in [1.82, 2.24) is 5.32 Å². The monoisotopic (exact) mass is 291 g/mol. The van der Waals surface area contributed by atoms with Gasteiger partial charge in [0, 0.05) is 5.38 Å². The Balaban J connectivity index is 2.13. The molecule has 0 unspecified atom stereocenters. The molecule has 1 atom stereocenters. The van der Waals surface area contributed by atoms with Gasteiger partial charge in [-0.1, -0.05) is 6.07 Å². The summed E-state index contributed by atoms with van der Waals surface area (Å²) in [5.41, 5.74) is 1.65. The number of carbonyl (C=O) groups excluding carboxylic acids is 1. The Kier molecular flexibility index (Phi) is 4.63. The average Bonchev–Trinajstić information content (AvgIpc) is 3.00. The molecule has 0 aliphatic carbocycles. The van der Waals surface area contributed by atoms with Gasteiger partial charge in [0.15, 0.2) is 11.5 Å². The molecule has 0 spiro atoms. The highest BCUT2D eigenvalue weighted by molar-refractivity contribution is 7.08.